The molecule has 1 aromatic heterocycles. The van der Waals surface area contributed by atoms with E-state index >= 15 is 0 Å². The van der Waals surface area contributed by atoms with Gasteiger partial charge in [0.15, 0.2) is 0 Å². The van der Waals surface area contributed by atoms with Crippen molar-refractivity contribution in [2.24, 2.45) is 0 Å². The topological polar surface area (TPSA) is 48.7 Å². The number of thioether (sulfide) groups is 1. The summed E-state index contributed by atoms with van der Waals surface area (Å²) in [6, 6.07) is 4.04. The van der Waals surface area contributed by atoms with Gasteiger partial charge in [0.1, 0.15) is 11.9 Å². The normalized spacial score (nSPS) is 10.9. The Morgan fingerprint density at radius 3 is 2.81 bits per heavy atom. The maximum absolute atomic E-state index is 9.05. The number of aromatic nitrogens is 1. The van der Waals surface area contributed by atoms with Crippen LogP contribution >= 0.6 is 11.8 Å². The van der Waals surface area contributed by atoms with Crippen LogP contribution in [0, 0.1) is 18.3 Å². The zero-order valence-electron chi connectivity index (χ0n) is 10.2. The molecule has 0 aromatic carbocycles. The van der Waals surface area contributed by atoms with Gasteiger partial charge in [0.05, 0.1) is 5.56 Å². The molecule has 0 aliphatic rings. The summed E-state index contributed by atoms with van der Waals surface area (Å²) in [6.07, 6.45) is 3.81. The van der Waals surface area contributed by atoms with Gasteiger partial charge in [-0.25, -0.2) is 4.98 Å². The van der Waals surface area contributed by atoms with E-state index in [0.29, 0.717) is 11.4 Å². The Labute approximate surface area is 101 Å². The van der Waals surface area contributed by atoms with Crippen molar-refractivity contribution in [2.45, 2.75) is 25.5 Å². The van der Waals surface area contributed by atoms with Crippen LogP contribution in [0.2, 0.25) is 0 Å². The number of nitrogens with one attached hydrogen (secondary N) is 1. The molecule has 1 aromatic rings. The van der Waals surface area contributed by atoms with E-state index in [1.807, 2.05) is 13.0 Å². The SMILES string of the molecule is CSC(C)(C)CNc1nccc(C)c1C#N. The number of hydrogen-bond acceptors (Lipinski definition) is 4. The zero-order valence-corrected chi connectivity index (χ0v) is 11.0. The number of rotatable bonds is 4. The van der Waals surface area contributed by atoms with Crippen molar-refractivity contribution in [3.05, 3.63) is 23.4 Å². The molecule has 1 rings (SSSR count). The van der Waals surface area contributed by atoms with Gasteiger partial charge in [-0.3, -0.25) is 0 Å². The number of anilines is 1. The van der Waals surface area contributed by atoms with Crippen molar-refractivity contribution >= 4 is 17.6 Å². The summed E-state index contributed by atoms with van der Waals surface area (Å²) in [5.41, 5.74) is 1.60. The van der Waals surface area contributed by atoms with Gasteiger partial charge in [-0.2, -0.15) is 17.0 Å². The van der Waals surface area contributed by atoms with Gasteiger partial charge in [-0.15, -0.1) is 0 Å². The third-order valence-electron chi connectivity index (χ3n) is 2.51. The molecule has 16 heavy (non-hydrogen) atoms. The Bertz CT molecular complexity index is 407. The molecular formula is C12H17N3S. The summed E-state index contributed by atoms with van der Waals surface area (Å²) >= 11 is 1.79. The molecule has 0 saturated heterocycles. The molecular weight excluding hydrogens is 218 g/mol. The molecule has 0 bridgehead atoms. The minimum Gasteiger partial charge on any atom is -0.368 e. The van der Waals surface area contributed by atoms with E-state index in [9.17, 15) is 0 Å². The first-order valence-corrected chi connectivity index (χ1v) is 6.37. The molecule has 1 N–H and O–H groups in total. The van der Waals surface area contributed by atoms with E-state index in [0.717, 1.165) is 12.1 Å². The quantitative estimate of drug-likeness (QED) is 0.871. The summed E-state index contributed by atoms with van der Waals surface area (Å²) in [7, 11) is 0. The predicted molar refractivity (Wildman–Crippen MR) is 69.8 cm³/mol. The number of nitrogens with zero attached hydrogens (tertiary/aromatic N) is 2. The molecule has 3 nitrogen and oxygen atoms in total. The van der Waals surface area contributed by atoms with E-state index in [1.165, 1.54) is 0 Å². The molecule has 0 spiro atoms. The van der Waals surface area contributed by atoms with Crippen LogP contribution in [-0.4, -0.2) is 22.5 Å². The average Bonchev–Trinajstić information content (AvgIpc) is 2.26. The van der Waals surface area contributed by atoms with Crippen LogP contribution in [0.3, 0.4) is 0 Å². The average molecular weight is 235 g/mol. The van der Waals surface area contributed by atoms with Gasteiger partial charge in [0, 0.05) is 17.5 Å². The van der Waals surface area contributed by atoms with Gasteiger partial charge in [-0.05, 0) is 38.7 Å². The molecule has 0 radical (unpaired) electrons. The first-order chi connectivity index (χ1) is 7.50. The largest absolute Gasteiger partial charge is 0.368 e. The van der Waals surface area contributed by atoms with Gasteiger partial charge in [-0.1, -0.05) is 0 Å². The summed E-state index contributed by atoms with van der Waals surface area (Å²) in [5, 5.41) is 12.3. The zero-order chi connectivity index (χ0) is 12.2. The molecule has 0 fully saturated rings. The standard InChI is InChI=1S/C12H17N3S/c1-9-5-6-14-11(10(9)7-13)15-8-12(2,3)16-4/h5-6H,8H2,1-4H3,(H,14,15). The second-order valence-corrected chi connectivity index (χ2v) is 5.79. The van der Waals surface area contributed by atoms with E-state index in [2.05, 4.69) is 36.5 Å². The lowest BCUT2D eigenvalue weighted by Crippen LogP contribution is -2.26. The predicted octanol–water partition coefficient (Wildman–Crippen LogP) is 2.82. The summed E-state index contributed by atoms with van der Waals surface area (Å²) in [5.74, 6) is 0.685. The fourth-order valence-corrected chi connectivity index (χ4v) is 1.42. The van der Waals surface area contributed by atoms with Gasteiger partial charge in [0.25, 0.3) is 0 Å². The van der Waals surface area contributed by atoms with Crippen LogP contribution in [0.1, 0.15) is 25.0 Å². The highest BCUT2D eigenvalue weighted by Gasteiger charge is 2.16. The molecule has 0 amide bonds. The van der Waals surface area contributed by atoms with Gasteiger partial charge >= 0.3 is 0 Å². The van der Waals surface area contributed by atoms with E-state index in [1.54, 1.807) is 18.0 Å². The van der Waals surface area contributed by atoms with Crippen LogP contribution in [-0.2, 0) is 0 Å². The Morgan fingerprint density at radius 1 is 1.56 bits per heavy atom. The fraction of sp³-hybridized carbons (Fsp3) is 0.500. The molecule has 86 valence electrons. The van der Waals surface area contributed by atoms with Crippen LogP contribution < -0.4 is 5.32 Å². The van der Waals surface area contributed by atoms with Crippen molar-refractivity contribution in [3.8, 4) is 6.07 Å². The fourth-order valence-electron chi connectivity index (χ4n) is 1.20. The Hall–Kier alpha value is -1.21. The highest BCUT2D eigenvalue weighted by Crippen LogP contribution is 2.22. The second-order valence-electron chi connectivity index (χ2n) is 4.28. The minimum atomic E-state index is 0.137. The highest BCUT2D eigenvalue weighted by molar-refractivity contribution is 7.99. The minimum absolute atomic E-state index is 0.137. The van der Waals surface area contributed by atoms with Gasteiger partial charge < -0.3 is 5.32 Å². The van der Waals surface area contributed by atoms with Crippen LogP contribution in [0.5, 0.6) is 0 Å². The molecule has 1 heterocycles. The second kappa shape index (κ2) is 5.22. The van der Waals surface area contributed by atoms with Crippen LogP contribution in [0.4, 0.5) is 5.82 Å². The Kier molecular flexibility index (Phi) is 4.19. The molecule has 0 atom stereocenters. The molecule has 0 aliphatic heterocycles. The van der Waals surface area contributed by atoms with Crippen molar-refractivity contribution in [3.63, 3.8) is 0 Å². The first kappa shape index (κ1) is 12.9. The van der Waals surface area contributed by atoms with Crippen molar-refractivity contribution in [1.82, 2.24) is 4.98 Å². The lowest BCUT2D eigenvalue weighted by molar-refractivity contribution is 0.750. The number of aryl methyl sites for hydroxylation is 1. The lowest BCUT2D eigenvalue weighted by atomic mass is 10.1. The number of hydrogen-bond donors (Lipinski definition) is 1. The third-order valence-corrected chi connectivity index (χ3v) is 3.75. The summed E-state index contributed by atoms with van der Waals surface area (Å²) in [6.45, 7) is 7.03. The van der Waals surface area contributed by atoms with Crippen molar-refractivity contribution in [1.29, 1.82) is 5.26 Å². The molecule has 0 aliphatic carbocycles. The van der Waals surface area contributed by atoms with Gasteiger partial charge in [0.2, 0.25) is 0 Å². The summed E-state index contributed by atoms with van der Waals surface area (Å²) in [4.78, 5) is 4.20. The van der Waals surface area contributed by atoms with E-state index < -0.39 is 0 Å². The lowest BCUT2D eigenvalue weighted by Gasteiger charge is -2.23. The monoisotopic (exact) mass is 235 g/mol. The Morgan fingerprint density at radius 2 is 2.25 bits per heavy atom. The summed E-state index contributed by atoms with van der Waals surface area (Å²) < 4.78 is 0.137. The molecule has 4 heteroatoms. The highest BCUT2D eigenvalue weighted by atomic mass is 32.2. The first-order valence-electron chi connectivity index (χ1n) is 5.15. The third kappa shape index (κ3) is 3.14. The van der Waals surface area contributed by atoms with Crippen LogP contribution in [0.25, 0.3) is 0 Å². The smallest absolute Gasteiger partial charge is 0.144 e. The van der Waals surface area contributed by atoms with Crippen molar-refractivity contribution < 1.29 is 0 Å². The molecule has 0 saturated carbocycles. The molecule has 0 unspecified atom stereocenters. The van der Waals surface area contributed by atoms with Crippen molar-refractivity contribution in [2.75, 3.05) is 18.1 Å². The Balaban J connectivity index is 2.83. The van der Waals surface area contributed by atoms with E-state index in [4.69, 9.17) is 5.26 Å². The number of nitriles is 1. The maximum atomic E-state index is 9.05. The van der Waals surface area contributed by atoms with Crippen LogP contribution in [0.15, 0.2) is 12.3 Å². The maximum Gasteiger partial charge on any atom is 0.144 e. The van der Waals surface area contributed by atoms with E-state index in [-0.39, 0.29) is 4.75 Å². The number of pyridine rings is 1.